The molecule has 1 saturated heterocycles. The van der Waals surface area contributed by atoms with Crippen LogP contribution >= 0.6 is 0 Å². The first-order valence-electron chi connectivity index (χ1n) is 15.6. The first kappa shape index (κ1) is 29.2. The van der Waals surface area contributed by atoms with Crippen molar-refractivity contribution in [2.24, 2.45) is 28.4 Å². The molecule has 1 aromatic heterocycles. The van der Waals surface area contributed by atoms with Crippen LogP contribution in [0.15, 0.2) is 36.0 Å². The van der Waals surface area contributed by atoms with E-state index < -0.39 is 52.0 Å². The Morgan fingerprint density at radius 2 is 1.91 bits per heavy atom. The second-order valence-corrected chi connectivity index (χ2v) is 14.1. The number of hydrogen-bond donors (Lipinski definition) is 4. The molecule has 2 heterocycles. The lowest BCUT2D eigenvalue weighted by Gasteiger charge is -2.63. The number of benzene rings is 1. The molecule has 1 aromatic carbocycles. The quantitative estimate of drug-likeness (QED) is 0.416. The Bertz CT molecular complexity index is 1620. The van der Waals surface area contributed by atoms with Crippen molar-refractivity contribution >= 4 is 23.9 Å². The van der Waals surface area contributed by atoms with Crippen LogP contribution in [0.5, 0.6) is 0 Å². The van der Waals surface area contributed by atoms with E-state index in [1.807, 2.05) is 19.1 Å². The predicted molar refractivity (Wildman–Crippen MR) is 157 cm³/mol. The highest BCUT2D eigenvalue weighted by molar-refractivity contribution is 5.98. The SMILES string of the molecule is C[C@]12Cc3cnn(-c4cccc(C(=O)N5CCC[C@@H]5C(N)=O)c4)c3C=C1CC[C@H]1[C@@H]3CC[C@](O)(C(=O)O)[C@@]3(C)C[C@H](O)[C@@]12F. The summed E-state index contributed by atoms with van der Waals surface area (Å²) >= 11 is 0. The van der Waals surface area contributed by atoms with Crippen LogP contribution in [0, 0.1) is 22.7 Å². The summed E-state index contributed by atoms with van der Waals surface area (Å²) < 4.78 is 19.5. The number of amides is 2. The highest BCUT2D eigenvalue weighted by Gasteiger charge is 2.74. The van der Waals surface area contributed by atoms with Gasteiger partial charge < -0.3 is 26.0 Å². The number of rotatable bonds is 4. The Hall–Kier alpha value is -3.57. The maximum Gasteiger partial charge on any atom is 0.336 e. The lowest BCUT2D eigenvalue weighted by molar-refractivity contribution is -0.229. The molecule has 3 saturated carbocycles. The summed E-state index contributed by atoms with van der Waals surface area (Å²) in [6.07, 6.45) is 5.11. The van der Waals surface area contributed by atoms with E-state index in [0.717, 1.165) is 16.8 Å². The number of primary amides is 1. The highest BCUT2D eigenvalue weighted by atomic mass is 19.1. The number of carboxylic acid groups (broad SMARTS) is 1. The molecule has 10 nitrogen and oxygen atoms in total. The molecule has 0 spiro atoms. The first-order chi connectivity index (χ1) is 20.8. The summed E-state index contributed by atoms with van der Waals surface area (Å²) in [7, 11) is 0. The number of aliphatic hydroxyl groups excluding tert-OH is 1. The third-order valence-electron chi connectivity index (χ3n) is 12.3. The van der Waals surface area contributed by atoms with Gasteiger partial charge in [-0.05, 0) is 87.1 Å². The number of carbonyl (C=O) groups is 3. The molecule has 44 heavy (non-hydrogen) atoms. The van der Waals surface area contributed by atoms with E-state index >= 15 is 4.39 Å². The molecule has 4 fully saturated rings. The van der Waals surface area contributed by atoms with E-state index in [1.165, 1.54) is 4.90 Å². The van der Waals surface area contributed by atoms with E-state index in [9.17, 15) is 29.7 Å². The molecule has 234 valence electrons. The summed E-state index contributed by atoms with van der Waals surface area (Å²) in [5.41, 5.74) is 2.90. The average Bonchev–Trinajstić information content (AvgIpc) is 3.69. The van der Waals surface area contributed by atoms with E-state index in [2.05, 4.69) is 5.10 Å². The van der Waals surface area contributed by atoms with E-state index in [0.29, 0.717) is 56.3 Å². The van der Waals surface area contributed by atoms with E-state index in [-0.39, 0.29) is 24.7 Å². The van der Waals surface area contributed by atoms with Gasteiger partial charge in [0.05, 0.1) is 23.7 Å². The van der Waals surface area contributed by atoms with Gasteiger partial charge in [0.25, 0.3) is 5.91 Å². The van der Waals surface area contributed by atoms with Crippen molar-refractivity contribution in [2.75, 3.05) is 6.54 Å². The third kappa shape index (κ3) is 3.59. The average molecular weight is 607 g/mol. The minimum Gasteiger partial charge on any atom is -0.479 e. The standard InChI is InChI=1S/C33H39FN4O6/c1-30-15-19-17-36-38(21-6-3-5-18(13-21)28(41)37-12-4-7-24(37)27(35)40)25(19)14-20(30)8-9-23-22-10-11-32(44,29(42)43)31(22,2)16-26(39)33(23,30)34/h3,5-6,13-14,17,22-24,26,39,44H,4,7-12,15-16H2,1-2H3,(H2,35,40)(H,42,43)/t22-,23-,24+,26-,30-,31-,32-,33-/m0/s1. The van der Waals surface area contributed by atoms with Gasteiger partial charge in [-0.2, -0.15) is 5.10 Å². The fourth-order valence-corrected chi connectivity index (χ4v) is 9.86. The van der Waals surface area contributed by atoms with Gasteiger partial charge in [-0.25, -0.2) is 13.9 Å². The lowest BCUT2D eigenvalue weighted by Crippen LogP contribution is -2.69. The molecular formula is C33H39FN4O6. The van der Waals surface area contributed by atoms with Gasteiger partial charge in [0.2, 0.25) is 5.91 Å². The summed E-state index contributed by atoms with van der Waals surface area (Å²) in [5.74, 6) is -3.05. The normalized spacial score (nSPS) is 39.1. The molecule has 2 aromatic rings. The zero-order valence-corrected chi connectivity index (χ0v) is 25.0. The number of aromatic nitrogens is 2. The van der Waals surface area contributed by atoms with Gasteiger partial charge in [0, 0.05) is 28.9 Å². The number of carbonyl (C=O) groups excluding carboxylic acids is 2. The van der Waals surface area contributed by atoms with Crippen LogP contribution < -0.4 is 5.73 Å². The van der Waals surface area contributed by atoms with Crippen molar-refractivity contribution in [3.05, 3.63) is 52.9 Å². The lowest BCUT2D eigenvalue weighted by atomic mass is 9.44. The third-order valence-corrected chi connectivity index (χ3v) is 12.3. The number of aliphatic hydroxyl groups is 2. The van der Waals surface area contributed by atoms with E-state index in [4.69, 9.17) is 5.73 Å². The summed E-state index contributed by atoms with van der Waals surface area (Å²) in [4.78, 5) is 38.9. The molecule has 5 N–H and O–H groups in total. The number of alkyl halides is 1. The molecule has 0 bridgehead atoms. The monoisotopic (exact) mass is 606 g/mol. The number of aliphatic carboxylic acids is 1. The van der Waals surface area contributed by atoms with Crippen LogP contribution in [0.25, 0.3) is 11.8 Å². The largest absolute Gasteiger partial charge is 0.479 e. The van der Waals surface area contributed by atoms with Crippen LogP contribution in [0.1, 0.15) is 80.4 Å². The van der Waals surface area contributed by atoms with Gasteiger partial charge in [0.1, 0.15) is 11.7 Å². The summed E-state index contributed by atoms with van der Waals surface area (Å²) in [6, 6.07) is 6.43. The zero-order chi connectivity index (χ0) is 31.4. The zero-order valence-electron chi connectivity index (χ0n) is 25.0. The fraction of sp³-hybridized carbons (Fsp3) is 0.576. The smallest absolute Gasteiger partial charge is 0.336 e. The molecule has 4 aliphatic carbocycles. The minimum atomic E-state index is -2.01. The maximum absolute atomic E-state index is 17.8. The molecule has 5 aliphatic rings. The topological polar surface area (TPSA) is 159 Å². The maximum atomic E-state index is 17.8. The van der Waals surface area contributed by atoms with Crippen LogP contribution in [0.3, 0.4) is 0 Å². The second kappa shape index (κ2) is 9.47. The Labute approximate surface area is 254 Å². The number of carboxylic acids is 1. The van der Waals surface area contributed by atoms with Crippen molar-refractivity contribution in [2.45, 2.75) is 88.6 Å². The molecule has 2 amide bonds. The van der Waals surface area contributed by atoms with Crippen LogP contribution in [0.4, 0.5) is 4.39 Å². The van der Waals surface area contributed by atoms with Gasteiger partial charge in [0.15, 0.2) is 5.60 Å². The minimum absolute atomic E-state index is 0.0433. The Balaban J connectivity index is 1.22. The van der Waals surface area contributed by atoms with Gasteiger partial charge in [-0.1, -0.05) is 25.5 Å². The van der Waals surface area contributed by atoms with Crippen molar-refractivity contribution in [3.8, 4) is 5.69 Å². The molecule has 11 heteroatoms. The Morgan fingerprint density at radius 1 is 1.14 bits per heavy atom. The van der Waals surface area contributed by atoms with Crippen molar-refractivity contribution in [1.29, 1.82) is 0 Å². The summed E-state index contributed by atoms with van der Waals surface area (Å²) in [5, 5.41) is 37.3. The first-order valence-corrected chi connectivity index (χ1v) is 15.6. The van der Waals surface area contributed by atoms with Crippen molar-refractivity contribution < 1.29 is 34.1 Å². The van der Waals surface area contributed by atoms with Crippen molar-refractivity contribution in [3.63, 3.8) is 0 Å². The molecule has 8 atom stereocenters. The predicted octanol–water partition coefficient (Wildman–Crippen LogP) is 3.02. The van der Waals surface area contributed by atoms with Crippen LogP contribution in [-0.2, 0) is 16.0 Å². The molecule has 7 rings (SSSR count). The summed E-state index contributed by atoms with van der Waals surface area (Å²) in [6.45, 7) is 4.03. The Kier molecular flexibility index (Phi) is 6.27. The number of nitrogens with two attached hydrogens (primary N) is 1. The number of halogens is 1. The Morgan fingerprint density at radius 3 is 2.64 bits per heavy atom. The number of fused-ring (bicyclic) bond motifs is 6. The number of likely N-dealkylation sites (tertiary alicyclic amines) is 1. The highest BCUT2D eigenvalue weighted by Crippen LogP contribution is 2.70. The van der Waals surface area contributed by atoms with Crippen LogP contribution in [0.2, 0.25) is 0 Å². The number of hydrogen-bond acceptors (Lipinski definition) is 6. The molecule has 0 unspecified atom stereocenters. The van der Waals surface area contributed by atoms with Gasteiger partial charge in [-0.15, -0.1) is 0 Å². The van der Waals surface area contributed by atoms with Crippen molar-refractivity contribution in [1.82, 2.24) is 14.7 Å². The van der Waals surface area contributed by atoms with Crippen LogP contribution in [-0.4, -0.2) is 77.7 Å². The number of allylic oxidation sites excluding steroid dienone is 1. The van der Waals surface area contributed by atoms with Gasteiger partial charge in [-0.3, -0.25) is 9.59 Å². The van der Waals surface area contributed by atoms with E-state index in [1.54, 1.807) is 36.0 Å². The second-order valence-electron chi connectivity index (χ2n) is 14.1. The molecule has 1 aliphatic heterocycles. The van der Waals surface area contributed by atoms with Gasteiger partial charge >= 0.3 is 5.97 Å². The fourth-order valence-electron chi connectivity index (χ4n) is 9.86. The molecular weight excluding hydrogens is 567 g/mol. The number of nitrogens with zero attached hydrogens (tertiary/aromatic N) is 3. The molecule has 0 radical (unpaired) electrons.